The first-order chi connectivity index (χ1) is 6.83. The van der Waals surface area contributed by atoms with Crippen molar-refractivity contribution in [3.8, 4) is 11.3 Å². The summed E-state index contributed by atoms with van der Waals surface area (Å²) >= 11 is 0. The molecule has 0 spiro atoms. The third-order valence-electron chi connectivity index (χ3n) is 1.80. The topological polar surface area (TPSA) is 84.7 Å². The number of hydrogen-bond acceptors (Lipinski definition) is 6. The maximum Gasteiger partial charge on any atom is 0.180 e. The van der Waals surface area contributed by atoms with E-state index in [1.165, 1.54) is 18.7 Å². The maximum absolute atomic E-state index is 8.61. The summed E-state index contributed by atoms with van der Waals surface area (Å²) in [5.74, 6) is 0.474. The molecule has 0 fully saturated rings. The van der Waals surface area contributed by atoms with Gasteiger partial charge in [0.05, 0.1) is 29.2 Å². The van der Waals surface area contributed by atoms with Crippen molar-refractivity contribution >= 4 is 5.71 Å². The fourth-order valence-electron chi connectivity index (χ4n) is 1.08. The van der Waals surface area contributed by atoms with E-state index >= 15 is 0 Å². The van der Waals surface area contributed by atoms with Crippen molar-refractivity contribution in [1.82, 2.24) is 10.3 Å². The maximum atomic E-state index is 8.61. The predicted octanol–water partition coefficient (Wildman–Crippen LogP) is 1.53. The Balaban J connectivity index is 2.50. The summed E-state index contributed by atoms with van der Waals surface area (Å²) in [4.78, 5) is 0. The lowest BCUT2D eigenvalue weighted by molar-refractivity contribution is 0.319. The van der Waals surface area contributed by atoms with Gasteiger partial charge in [-0.3, -0.25) is 0 Å². The number of oxime groups is 1. The second-order valence-electron chi connectivity index (χ2n) is 2.67. The fourth-order valence-corrected chi connectivity index (χ4v) is 1.08. The summed E-state index contributed by atoms with van der Waals surface area (Å²) in [5, 5.41) is 18.8. The van der Waals surface area contributed by atoms with Crippen LogP contribution in [-0.2, 0) is 0 Å². The van der Waals surface area contributed by atoms with Crippen molar-refractivity contribution in [1.29, 1.82) is 0 Å². The molecular weight excluding hydrogens is 186 g/mol. The summed E-state index contributed by atoms with van der Waals surface area (Å²) in [6.07, 6.45) is 4.39. The number of rotatable bonds is 2. The molecule has 14 heavy (non-hydrogen) atoms. The highest BCUT2D eigenvalue weighted by atomic mass is 16.5. The van der Waals surface area contributed by atoms with Gasteiger partial charge in [0.15, 0.2) is 5.76 Å². The van der Waals surface area contributed by atoms with Crippen molar-refractivity contribution < 1.29 is 14.3 Å². The van der Waals surface area contributed by atoms with Gasteiger partial charge < -0.3 is 14.3 Å². The molecule has 2 rings (SSSR count). The van der Waals surface area contributed by atoms with Gasteiger partial charge in [-0.15, -0.1) is 0 Å². The van der Waals surface area contributed by atoms with Crippen LogP contribution in [-0.4, -0.2) is 21.2 Å². The van der Waals surface area contributed by atoms with Gasteiger partial charge >= 0.3 is 0 Å². The lowest BCUT2D eigenvalue weighted by Crippen LogP contribution is -1.93. The molecular formula is C8H7N3O3. The largest absolute Gasteiger partial charge is 0.411 e. The minimum Gasteiger partial charge on any atom is -0.411 e. The van der Waals surface area contributed by atoms with E-state index in [9.17, 15) is 0 Å². The highest BCUT2D eigenvalue weighted by Crippen LogP contribution is 2.23. The zero-order chi connectivity index (χ0) is 9.97. The zero-order valence-corrected chi connectivity index (χ0v) is 7.34. The fraction of sp³-hybridized carbons (Fsp3) is 0.125. The number of hydrogen-bond donors (Lipinski definition) is 1. The van der Waals surface area contributed by atoms with Crippen molar-refractivity contribution in [3.05, 3.63) is 24.2 Å². The van der Waals surface area contributed by atoms with Crippen molar-refractivity contribution in [3.63, 3.8) is 0 Å². The van der Waals surface area contributed by atoms with Gasteiger partial charge in [-0.2, -0.15) is 0 Å². The van der Waals surface area contributed by atoms with Crippen LogP contribution in [0.1, 0.15) is 12.5 Å². The SMILES string of the molecule is C/C(=N/O)c1cnoc1-c1cnoc1. The average molecular weight is 193 g/mol. The van der Waals surface area contributed by atoms with Gasteiger partial charge in [0.1, 0.15) is 6.26 Å². The molecule has 0 unspecified atom stereocenters. The molecule has 0 radical (unpaired) electrons. The standard InChI is InChI=1S/C8H7N3O3/c1-5(11-12)7-3-10-14-8(7)6-2-9-13-4-6/h2-4,12H,1H3/b11-5-. The molecule has 0 aromatic carbocycles. The monoisotopic (exact) mass is 193 g/mol. The van der Waals surface area contributed by atoms with E-state index in [1.807, 2.05) is 0 Å². The minimum absolute atomic E-state index is 0.419. The molecule has 0 amide bonds. The smallest absolute Gasteiger partial charge is 0.180 e. The Morgan fingerprint density at radius 2 is 2.29 bits per heavy atom. The van der Waals surface area contributed by atoms with Gasteiger partial charge in [0, 0.05) is 0 Å². The molecule has 0 saturated heterocycles. The van der Waals surface area contributed by atoms with Crippen molar-refractivity contribution in [2.75, 3.05) is 0 Å². The first-order valence-electron chi connectivity index (χ1n) is 3.86. The Morgan fingerprint density at radius 1 is 1.43 bits per heavy atom. The van der Waals surface area contributed by atoms with E-state index in [1.54, 1.807) is 6.92 Å². The molecule has 1 N–H and O–H groups in total. The number of aromatic nitrogens is 2. The minimum atomic E-state index is 0.419. The van der Waals surface area contributed by atoms with Gasteiger partial charge in [-0.05, 0) is 6.92 Å². The average Bonchev–Trinajstić information content (AvgIpc) is 2.85. The Kier molecular flexibility index (Phi) is 2.02. The third-order valence-corrected chi connectivity index (χ3v) is 1.80. The van der Waals surface area contributed by atoms with Crippen LogP contribution in [0.3, 0.4) is 0 Å². The molecule has 2 aromatic heterocycles. The van der Waals surface area contributed by atoms with Gasteiger partial charge in [-0.1, -0.05) is 15.5 Å². The quantitative estimate of drug-likeness (QED) is 0.444. The summed E-state index contributed by atoms with van der Waals surface area (Å²) in [5.41, 5.74) is 1.68. The summed E-state index contributed by atoms with van der Waals surface area (Å²) < 4.78 is 9.66. The Hall–Kier alpha value is -2.11. The van der Waals surface area contributed by atoms with Crippen LogP contribution in [0.2, 0.25) is 0 Å². The predicted molar refractivity (Wildman–Crippen MR) is 46.0 cm³/mol. The van der Waals surface area contributed by atoms with E-state index in [0.717, 1.165) is 0 Å². The van der Waals surface area contributed by atoms with E-state index in [2.05, 4.69) is 20.0 Å². The highest BCUT2D eigenvalue weighted by Gasteiger charge is 2.14. The van der Waals surface area contributed by atoms with Gasteiger partial charge in [0.25, 0.3) is 0 Å². The summed E-state index contributed by atoms with van der Waals surface area (Å²) in [7, 11) is 0. The molecule has 0 atom stereocenters. The summed E-state index contributed by atoms with van der Waals surface area (Å²) in [6, 6.07) is 0. The molecule has 0 aliphatic rings. The van der Waals surface area contributed by atoms with Crippen LogP contribution < -0.4 is 0 Å². The van der Waals surface area contributed by atoms with Crippen LogP contribution >= 0.6 is 0 Å². The zero-order valence-electron chi connectivity index (χ0n) is 7.34. The molecule has 6 nitrogen and oxygen atoms in total. The van der Waals surface area contributed by atoms with Crippen LogP contribution in [0, 0.1) is 0 Å². The molecule has 2 aromatic rings. The van der Waals surface area contributed by atoms with Gasteiger partial charge in [0.2, 0.25) is 0 Å². The van der Waals surface area contributed by atoms with Gasteiger partial charge in [-0.25, -0.2) is 0 Å². The second kappa shape index (κ2) is 3.33. The van der Waals surface area contributed by atoms with E-state index in [0.29, 0.717) is 22.6 Å². The molecule has 6 heteroatoms. The highest BCUT2D eigenvalue weighted by molar-refractivity contribution is 6.02. The Morgan fingerprint density at radius 3 is 2.93 bits per heavy atom. The molecule has 0 bridgehead atoms. The van der Waals surface area contributed by atoms with E-state index in [4.69, 9.17) is 9.73 Å². The molecule has 2 heterocycles. The Bertz CT molecular complexity index is 444. The normalized spacial score (nSPS) is 11.9. The first-order valence-corrected chi connectivity index (χ1v) is 3.86. The molecule has 0 saturated carbocycles. The lowest BCUT2D eigenvalue weighted by atomic mass is 10.1. The van der Waals surface area contributed by atoms with Crippen molar-refractivity contribution in [2.24, 2.45) is 5.16 Å². The van der Waals surface area contributed by atoms with Crippen molar-refractivity contribution in [2.45, 2.75) is 6.92 Å². The molecule has 72 valence electrons. The molecule has 0 aliphatic carbocycles. The van der Waals surface area contributed by atoms with E-state index < -0.39 is 0 Å². The second-order valence-corrected chi connectivity index (χ2v) is 2.67. The van der Waals surface area contributed by atoms with Crippen LogP contribution in [0.15, 0.2) is 32.9 Å². The lowest BCUT2D eigenvalue weighted by Gasteiger charge is -1.93. The first kappa shape index (κ1) is 8.49. The van der Waals surface area contributed by atoms with Crippen LogP contribution in [0.4, 0.5) is 0 Å². The Labute approximate surface area is 78.8 Å². The van der Waals surface area contributed by atoms with Crippen LogP contribution in [0.25, 0.3) is 11.3 Å². The number of nitrogens with zero attached hydrogens (tertiary/aromatic N) is 3. The third kappa shape index (κ3) is 1.26. The molecule has 0 aliphatic heterocycles. The summed E-state index contributed by atoms with van der Waals surface area (Å²) in [6.45, 7) is 1.64. The van der Waals surface area contributed by atoms with E-state index in [-0.39, 0.29) is 0 Å². The van der Waals surface area contributed by atoms with Crippen LogP contribution in [0.5, 0.6) is 0 Å².